The molecule has 33 heavy (non-hydrogen) atoms. The highest BCUT2D eigenvalue weighted by atomic mass is 79.9. The summed E-state index contributed by atoms with van der Waals surface area (Å²) in [7, 11) is 0. The van der Waals surface area contributed by atoms with Gasteiger partial charge in [0, 0.05) is 28.3 Å². The van der Waals surface area contributed by atoms with Crippen LogP contribution in [0.3, 0.4) is 0 Å². The standard InChI is InChI=1S/C22H22BrFN4O4S/c1-2-32-22(31)17-15(11-28-8-3-4-16(28)21(29)30)26-19(20-25-7-9-33-20)27-18(17)13-6-5-12(24)10-14(13)23/h5-7,9-10,16,18H,2-4,8,11H2,1H3,(H,26,27)(H,29,30)/t16-,18?/m0/s1. The second-order valence-corrected chi connectivity index (χ2v) is 9.34. The first-order valence-electron chi connectivity index (χ1n) is 10.5. The zero-order chi connectivity index (χ0) is 23.5. The number of likely N-dealkylation sites (tertiary alicyclic amines) is 1. The van der Waals surface area contributed by atoms with Crippen LogP contribution < -0.4 is 5.32 Å². The first kappa shape index (κ1) is 23.5. The largest absolute Gasteiger partial charge is 0.480 e. The molecule has 4 rings (SSSR count). The van der Waals surface area contributed by atoms with Gasteiger partial charge < -0.3 is 15.2 Å². The quantitative estimate of drug-likeness (QED) is 0.521. The van der Waals surface area contributed by atoms with Crippen molar-refractivity contribution in [3.05, 3.63) is 61.9 Å². The Balaban J connectivity index is 1.83. The van der Waals surface area contributed by atoms with Crippen molar-refractivity contribution < 1.29 is 23.8 Å². The fraction of sp³-hybridized carbons (Fsp3) is 0.364. The van der Waals surface area contributed by atoms with E-state index in [1.54, 1.807) is 19.2 Å². The summed E-state index contributed by atoms with van der Waals surface area (Å²) >= 11 is 4.78. The van der Waals surface area contributed by atoms with Crippen molar-refractivity contribution in [2.45, 2.75) is 31.8 Å². The van der Waals surface area contributed by atoms with E-state index in [4.69, 9.17) is 9.73 Å². The molecule has 2 N–H and O–H groups in total. The lowest BCUT2D eigenvalue weighted by molar-refractivity contribution is -0.142. The third-order valence-corrected chi connectivity index (χ3v) is 6.99. The predicted molar refractivity (Wildman–Crippen MR) is 125 cm³/mol. The van der Waals surface area contributed by atoms with Gasteiger partial charge in [-0.3, -0.25) is 14.7 Å². The van der Waals surface area contributed by atoms with Crippen LogP contribution in [0.25, 0.3) is 0 Å². The van der Waals surface area contributed by atoms with Crippen molar-refractivity contribution in [3.63, 3.8) is 0 Å². The second kappa shape index (κ2) is 10.1. The Kier molecular flexibility index (Phi) is 7.20. The SMILES string of the molecule is CCOC(=O)C1=C(CN2CCC[C@H]2C(=O)O)NC(c2nccs2)=NC1c1ccc(F)cc1Br. The molecule has 3 heterocycles. The molecule has 0 radical (unpaired) electrons. The van der Waals surface area contributed by atoms with Crippen LogP contribution in [0, 0.1) is 5.82 Å². The average Bonchev–Trinajstić information content (AvgIpc) is 3.46. The molecule has 8 nitrogen and oxygen atoms in total. The van der Waals surface area contributed by atoms with Crippen LogP contribution in [0.1, 0.15) is 36.4 Å². The number of carbonyl (C=O) groups excluding carboxylic acids is 1. The molecule has 11 heteroatoms. The number of halogens is 2. The number of aliphatic imine (C=N–C) groups is 1. The number of carbonyl (C=O) groups is 2. The Hall–Kier alpha value is -2.63. The zero-order valence-corrected chi connectivity index (χ0v) is 20.2. The van der Waals surface area contributed by atoms with Crippen molar-refractivity contribution in [2.75, 3.05) is 19.7 Å². The van der Waals surface area contributed by atoms with E-state index >= 15 is 0 Å². The molecule has 1 aromatic heterocycles. The molecule has 0 amide bonds. The predicted octanol–water partition coefficient (Wildman–Crippen LogP) is 3.50. The smallest absolute Gasteiger partial charge is 0.338 e. The van der Waals surface area contributed by atoms with E-state index < -0.39 is 29.8 Å². The minimum atomic E-state index is -0.895. The van der Waals surface area contributed by atoms with Gasteiger partial charge in [-0.15, -0.1) is 11.3 Å². The summed E-state index contributed by atoms with van der Waals surface area (Å²) in [5, 5.41) is 15.3. The summed E-state index contributed by atoms with van der Waals surface area (Å²) in [5.74, 6) is -1.42. The number of thiazole rings is 1. The molecule has 1 aromatic carbocycles. The van der Waals surface area contributed by atoms with Gasteiger partial charge in [0.1, 0.15) is 17.9 Å². The van der Waals surface area contributed by atoms with Gasteiger partial charge in [0.2, 0.25) is 0 Å². The summed E-state index contributed by atoms with van der Waals surface area (Å²) in [4.78, 5) is 35.8. The number of aromatic nitrogens is 1. The lowest BCUT2D eigenvalue weighted by Gasteiger charge is -2.30. The highest BCUT2D eigenvalue weighted by molar-refractivity contribution is 9.10. The molecule has 174 valence electrons. The molecule has 2 aliphatic rings. The first-order chi connectivity index (χ1) is 15.9. The summed E-state index contributed by atoms with van der Waals surface area (Å²) < 4.78 is 19.6. The Bertz CT molecular complexity index is 1120. The van der Waals surface area contributed by atoms with Gasteiger partial charge >= 0.3 is 11.9 Å². The van der Waals surface area contributed by atoms with E-state index in [-0.39, 0.29) is 18.7 Å². The number of nitrogens with zero attached hydrogens (tertiary/aromatic N) is 3. The van der Waals surface area contributed by atoms with Crippen molar-refractivity contribution in [1.29, 1.82) is 0 Å². The van der Waals surface area contributed by atoms with Gasteiger partial charge in [-0.25, -0.2) is 14.2 Å². The number of ether oxygens (including phenoxy) is 1. The normalized spacial score (nSPS) is 21.0. The number of carboxylic acids is 1. The number of aliphatic carboxylic acids is 1. The van der Waals surface area contributed by atoms with Crippen LogP contribution in [-0.2, 0) is 14.3 Å². The number of esters is 1. The fourth-order valence-corrected chi connectivity index (χ4v) is 5.22. The number of hydrogen-bond acceptors (Lipinski definition) is 8. The maximum atomic E-state index is 13.8. The van der Waals surface area contributed by atoms with Gasteiger partial charge in [0.25, 0.3) is 0 Å². The number of rotatable bonds is 7. The van der Waals surface area contributed by atoms with E-state index in [2.05, 4.69) is 26.2 Å². The molecular formula is C22H22BrFN4O4S. The second-order valence-electron chi connectivity index (χ2n) is 7.59. The molecule has 0 bridgehead atoms. The highest BCUT2D eigenvalue weighted by Crippen LogP contribution is 2.37. The van der Waals surface area contributed by atoms with Crippen LogP contribution in [0.15, 0.2) is 50.5 Å². The molecular weight excluding hydrogens is 515 g/mol. The minimum absolute atomic E-state index is 0.164. The van der Waals surface area contributed by atoms with E-state index in [1.807, 2.05) is 10.3 Å². The van der Waals surface area contributed by atoms with Gasteiger partial charge in [-0.1, -0.05) is 22.0 Å². The number of benzene rings is 1. The molecule has 2 aromatic rings. The van der Waals surface area contributed by atoms with Crippen molar-refractivity contribution >= 4 is 45.0 Å². The average molecular weight is 537 g/mol. The van der Waals surface area contributed by atoms with Gasteiger partial charge in [-0.05, 0) is 44.0 Å². The fourth-order valence-electron chi connectivity index (χ4n) is 4.07. The third-order valence-electron chi connectivity index (χ3n) is 5.52. The van der Waals surface area contributed by atoms with E-state index in [0.717, 1.165) is 6.42 Å². The number of carboxylic acid groups (broad SMARTS) is 1. The summed E-state index contributed by atoms with van der Waals surface area (Å²) in [6.45, 7) is 2.66. The lowest BCUT2D eigenvalue weighted by atomic mass is 9.95. The monoisotopic (exact) mass is 536 g/mol. The Labute approximate surface area is 202 Å². The van der Waals surface area contributed by atoms with Crippen molar-refractivity contribution in [3.8, 4) is 0 Å². The van der Waals surface area contributed by atoms with Gasteiger partial charge in [0.15, 0.2) is 10.8 Å². The molecule has 1 unspecified atom stereocenters. The molecule has 1 saturated heterocycles. The Morgan fingerprint density at radius 1 is 1.42 bits per heavy atom. The lowest BCUT2D eigenvalue weighted by Crippen LogP contribution is -2.43. The molecule has 1 fully saturated rings. The number of amidine groups is 1. The summed E-state index contributed by atoms with van der Waals surface area (Å²) in [5.41, 5.74) is 1.35. The van der Waals surface area contributed by atoms with E-state index in [0.29, 0.717) is 39.5 Å². The third kappa shape index (κ3) is 4.99. The van der Waals surface area contributed by atoms with E-state index in [9.17, 15) is 19.1 Å². The Morgan fingerprint density at radius 3 is 2.91 bits per heavy atom. The van der Waals surface area contributed by atoms with Crippen molar-refractivity contribution in [2.24, 2.45) is 4.99 Å². The minimum Gasteiger partial charge on any atom is -0.480 e. The van der Waals surface area contributed by atoms with E-state index in [1.165, 1.54) is 23.5 Å². The van der Waals surface area contributed by atoms with Gasteiger partial charge in [-0.2, -0.15) is 0 Å². The zero-order valence-electron chi connectivity index (χ0n) is 17.8. The topological polar surface area (TPSA) is 104 Å². The summed E-state index contributed by atoms with van der Waals surface area (Å²) in [6.07, 6.45) is 2.94. The molecule has 2 aliphatic heterocycles. The van der Waals surface area contributed by atoms with Crippen LogP contribution >= 0.6 is 27.3 Å². The number of hydrogen-bond donors (Lipinski definition) is 2. The molecule has 0 spiro atoms. The number of nitrogens with one attached hydrogen (secondary N) is 1. The van der Waals surface area contributed by atoms with Crippen LogP contribution in [-0.4, -0.2) is 58.5 Å². The molecule has 2 atom stereocenters. The molecule has 0 aliphatic carbocycles. The van der Waals surface area contributed by atoms with Crippen LogP contribution in [0.5, 0.6) is 0 Å². The first-order valence-corrected chi connectivity index (χ1v) is 12.1. The molecule has 0 saturated carbocycles. The van der Waals surface area contributed by atoms with Crippen LogP contribution in [0.2, 0.25) is 0 Å². The van der Waals surface area contributed by atoms with Crippen LogP contribution in [0.4, 0.5) is 4.39 Å². The highest BCUT2D eigenvalue weighted by Gasteiger charge is 2.37. The Morgan fingerprint density at radius 2 is 2.24 bits per heavy atom. The maximum absolute atomic E-state index is 13.8. The van der Waals surface area contributed by atoms with Gasteiger partial charge in [0.05, 0.1) is 12.2 Å². The maximum Gasteiger partial charge on any atom is 0.338 e. The van der Waals surface area contributed by atoms with Crippen molar-refractivity contribution in [1.82, 2.24) is 15.2 Å². The summed E-state index contributed by atoms with van der Waals surface area (Å²) in [6, 6.07) is 2.77.